The molecular weight excluding hydrogens is 1610 g/mol. The van der Waals surface area contributed by atoms with Crippen LogP contribution in [0.4, 0.5) is 0 Å². The molecule has 31 heteroatoms. The third kappa shape index (κ3) is 55.7. The number of rotatable bonds is 38. The number of hydrogen-bond donors (Lipinski definition) is 1. The van der Waals surface area contributed by atoms with E-state index >= 15 is 0 Å². The Balaban J connectivity index is -0.00000130. The number of carbonyl (C=O) groups is 2. The third-order valence-corrected chi connectivity index (χ3v) is 27.2. The van der Waals surface area contributed by atoms with Crippen LogP contribution in [0.1, 0.15) is 188 Å². The highest BCUT2D eigenvalue weighted by Gasteiger charge is 2.34. The van der Waals surface area contributed by atoms with Crippen molar-refractivity contribution in [2.24, 2.45) is 0 Å². The quantitative estimate of drug-likeness (QED) is 0.0166. The first-order valence-corrected chi connectivity index (χ1v) is 49.7. The number of nitrogens with zero attached hydrogens (tertiary/aromatic N) is 5. The van der Waals surface area contributed by atoms with Crippen molar-refractivity contribution < 1.29 is 87.7 Å². The molecule has 1 fully saturated rings. The van der Waals surface area contributed by atoms with Crippen LogP contribution in [0, 0.1) is 17.9 Å². The first kappa shape index (κ1) is 115. The van der Waals surface area contributed by atoms with Crippen LogP contribution in [0.2, 0.25) is 0 Å². The molecule has 0 spiro atoms. The van der Waals surface area contributed by atoms with Crippen molar-refractivity contribution in [3.8, 4) is 6.07 Å². The van der Waals surface area contributed by atoms with E-state index < -0.39 is 55.4 Å². The van der Waals surface area contributed by atoms with Gasteiger partial charge in [0.15, 0.2) is 14.8 Å². The monoisotopic (exact) mass is 1750 g/mol. The fourth-order valence-corrected chi connectivity index (χ4v) is 16.2. The highest BCUT2D eigenvalue weighted by Crippen LogP contribution is 2.52. The Morgan fingerprint density at radius 2 is 0.819 bits per heavy atom. The van der Waals surface area contributed by atoms with Gasteiger partial charge in [-0.25, -0.2) is 25.1 Å². The normalized spacial score (nSPS) is 13.7. The van der Waals surface area contributed by atoms with Crippen molar-refractivity contribution in [3.05, 3.63) is 206 Å². The number of aryl methyl sites for hydroxylation is 3. The summed E-state index contributed by atoms with van der Waals surface area (Å²) < 4.78 is 118. The van der Waals surface area contributed by atoms with Crippen LogP contribution >= 0.6 is 55.4 Å². The minimum atomic E-state index is -3.13. The largest absolute Gasteiger partial charge is 0.392 e. The van der Waals surface area contributed by atoms with E-state index in [4.69, 9.17) is 48.8 Å². The Morgan fingerprint density at radius 3 is 1.07 bits per heavy atom. The topological polar surface area (TPSA) is 279 Å². The number of benzene rings is 5. The summed E-state index contributed by atoms with van der Waals surface area (Å²) >= 11 is 0. The smallest absolute Gasteiger partial charge is 0.356 e. The number of ether oxygens (including phenoxy) is 2. The summed E-state index contributed by atoms with van der Waals surface area (Å²) in [4.78, 5) is 23.7. The van der Waals surface area contributed by atoms with Gasteiger partial charge < -0.3 is 55.6 Å². The first-order chi connectivity index (χ1) is 54.9. The molecule has 0 saturated carbocycles. The Labute approximate surface area is 702 Å². The van der Waals surface area contributed by atoms with Gasteiger partial charge in [-0.3, -0.25) is 32.4 Å². The maximum absolute atomic E-state index is 11.9. The molecule has 1 N–H and O–H groups in total. The molecule has 0 bridgehead atoms. The van der Waals surface area contributed by atoms with E-state index in [9.17, 15) is 32.4 Å². The van der Waals surface area contributed by atoms with Gasteiger partial charge in [0, 0.05) is 148 Å². The lowest BCUT2D eigenvalue weighted by molar-refractivity contribution is 0.111. The summed E-state index contributed by atoms with van der Waals surface area (Å²) in [5.74, 6) is 4.87. The molecule has 4 unspecified atom stereocenters. The molecule has 652 valence electrons. The van der Waals surface area contributed by atoms with E-state index in [-0.39, 0.29) is 25.0 Å². The van der Waals surface area contributed by atoms with Crippen LogP contribution in [0.25, 0.3) is 23.1 Å². The maximum atomic E-state index is 11.9. The van der Waals surface area contributed by atoms with Gasteiger partial charge in [0.2, 0.25) is 28.7 Å². The van der Waals surface area contributed by atoms with Crippen molar-refractivity contribution in [3.63, 3.8) is 0 Å². The van der Waals surface area contributed by atoms with E-state index in [1.807, 2.05) is 84.9 Å². The fourth-order valence-electron chi connectivity index (χ4n) is 9.47. The molecule has 5 aromatic rings. The van der Waals surface area contributed by atoms with Gasteiger partial charge >= 0.3 is 16.3 Å². The van der Waals surface area contributed by atoms with Crippen molar-refractivity contribution in [1.82, 2.24) is 14.0 Å². The van der Waals surface area contributed by atoms with Gasteiger partial charge in [0.25, 0.3) is 8.53 Å². The highest BCUT2D eigenvalue weighted by atomic mass is 31.2. The van der Waals surface area contributed by atoms with Crippen molar-refractivity contribution in [1.29, 1.82) is 5.26 Å². The van der Waals surface area contributed by atoms with Gasteiger partial charge in [-0.05, 0) is 178 Å². The number of aliphatic hydroxyl groups is 1. The number of hydrogen-bond acceptors (Lipinski definition) is 23. The molecule has 1 aliphatic heterocycles. The SMILES string of the molecule is C1CCOC1.CC(C)N(C(C)C)P(OCCC#N)N(C(C)C)C(C)C.CCc1ccc(/C=C/P(C)(=O)OC)cc1.CCc1ccc(/C=C/P(C)(=O)OC)cc1.CCc1ccc(C=O)cc1.COC.COP(=O)(COP=O)OC.O=Cc1ccc(CO)cc1.[C-]#[N+]CCOP(OCc1ccc(/C=C/P(C)(=O)OC)cc1)N(C(C)C)C(C)C. The number of nitriles is 1. The van der Waals surface area contributed by atoms with E-state index in [0.717, 1.165) is 78.4 Å². The van der Waals surface area contributed by atoms with Gasteiger partial charge in [-0.2, -0.15) is 5.26 Å². The molecule has 4 atom stereocenters. The van der Waals surface area contributed by atoms with Crippen LogP contribution in [-0.2, 0) is 105 Å². The highest BCUT2D eigenvalue weighted by molar-refractivity contribution is 7.62. The van der Waals surface area contributed by atoms with E-state index in [1.54, 1.807) is 82.0 Å². The van der Waals surface area contributed by atoms with E-state index in [1.165, 1.54) is 65.1 Å². The number of aliphatic hydroxyl groups excluding tert-OH is 1. The molecule has 5 aromatic carbocycles. The standard InChI is InChI=1S/C20H32N2O4P2.C15H32N3OP.2C12H17O2P.C9H10O.C8H8O2.C4H8O.C3H8O5P2.C2H6O/c1-17(2)22(18(3)4)27(25-14-13-21-5)26-16-20-10-8-19(9-11-20)12-15-28(7,23)24-6;1-12(2)17(13(3)4)20(19-11-9-10-16)18(14(5)6)15(7)8;2*1-4-11-5-7-12(8-6-11)9-10-15(3,13)14-2;1-2-8-3-5-9(7-10)6-4-8;9-5-7-1-2-8(6-10)4-3-7;1-2-4-5-3-1;1-6-10(5,7-2)3-8-9-4;1-3-2/h8-12,15,17-18H,13-14,16H2,1-4,6-7H3;12-15H,9,11H2,1-8H3;2*5-10H,4H2,1-3H3;3-7H,2H2,1H3;1-5,10H,6H2;1-4H2;3H2,1-2H3;1-2H3/b15-12+;;2*10-9+;;;;;. The second kappa shape index (κ2) is 68.6. The second-order valence-corrected chi connectivity index (χ2v) is 40.5. The number of carbonyl (C=O) groups excluding carboxylic acids is 2. The maximum Gasteiger partial charge on any atom is 0.356 e. The lowest BCUT2D eigenvalue weighted by Gasteiger charge is -2.45. The molecule has 1 heterocycles. The molecule has 1 saturated heterocycles. The zero-order valence-electron chi connectivity index (χ0n) is 73.7. The molecule has 0 amide bonds. The zero-order valence-corrected chi connectivity index (χ0v) is 80.0. The lowest BCUT2D eigenvalue weighted by atomic mass is 10.1. The van der Waals surface area contributed by atoms with E-state index in [2.05, 4.69) is 171 Å². The first-order valence-electron chi connectivity index (χ1n) is 38.5. The van der Waals surface area contributed by atoms with Crippen LogP contribution in [-0.4, -0.2) is 177 Å². The Hall–Kier alpha value is -5.08. The predicted octanol–water partition coefficient (Wildman–Crippen LogP) is 23.7. The van der Waals surface area contributed by atoms with Gasteiger partial charge in [-0.15, -0.1) is 0 Å². The average molecular weight is 1750 g/mol. The van der Waals surface area contributed by atoms with Crippen molar-refractivity contribution in [2.75, 3.05) is 109 Å². The van der Waals surface area contributed by atoms with Crippen molar-refractivity contribution in [2.45, 2.75) is 192 Å². The predicted molar refractivity (Wildman–Crippen MR) is 482 cm³/mol. The lowest BCUT2D eigenvalue weighted by Crippen LogP contribution is -2.43. The molecule has 6 rings (SSSR count). The molecule has 116 heavy (non-hydrogen) atoms. The Morgan fingerprint density at radius 1 is 0.500 bits per heavy atom. The van der Waals surface area contributed by atoms with Crippen LogP contribution in [0.3, 0.4) is 0 Å². The van der Waals surface area contributed by atoms with Gasteiger partial charge in [-0.1, -0.05) is 142 Å². The summed E-state index contributed by atoms with van der Waals surface area (Å²) in [7, 11) is -3.41. The molecule has 0 aromatic heterocycles. The van der Waals surface area contributed by atoms with Crippen LogP contribution < -0.4 is 0 Å². The molecule has 1 aliphatic rings. The minimum absolute atomic E-state index is 0.0269. The molecule has 0 radical (unpaired) electrons. The minimum Gasteiger partial charge on any atom is -0.392 e. The Bertz CT molecular complexity index is 3550. The number of methoxy groups -OCH3 is 1. The summed E-state index contributed by atoms with van der Waals surface area (Å²) in [5.41, 5.74) is 10.2. The van der Waals surface area contributed by atoms with Crippen LogP contribution in [0.5, 0.6) is 0 Å². The summed E-state index contributed by atoms with van der Waals surface area (Å²) in [5, 5.41) is 17.4. The summed E-state index contributed by atoms with van der Waals surface area (Å²) in [6.07, 6.45) is 12.9. The average Bonchev–Trinajstić information content (AvgIpc) is 0.925. The molecule has 24 nitrogen and oxygen atoms in total. The Kier molecular flexibility index (Phi) is 68.0. The van der Waals surface area contributed by atoms with Gasteiger partial charge in [0.1, 0.15) is 19.2 Å². The van der Waals surface area contributed by atoms with Gasteiger partial charge in [0.05, 0.1) is 32.3 Å². The number of aldehydes is 2. The fraction of sp³-hybridized carbons (Fsp3) is 0.529. The third-order valence-electron chi connectivity index (χ3n) is 15.9. The summed E-state index contributed by atoms with van der Waals surface area (Å²) in [6, 6.07) is 43.1. The summed E-state index contributed by atoms with van der Waals surface area (Å²) in [6.45, 7) is 47.8. The zero-order chi connectivity index (χ0) is 88.7. The molecular formula is C85H138N5O19P7. The second-order valence-electron chi connectivity index (χ2n) is 27.3. The van der Waals surface area contributed by atoms with E-state index in [0.29, 0.717) is 62.5 Å². The van der Waals surface area contributed by atoms with Crippen molar-refractivity contribution >= 4 is 86.2 Å². The van der Waals surface area contributed by atoms with Crippen LogP contribution in [0.15, 0.2) is 139 Å². The molecule has 0 aliphatic carbocycles.